The first-order valence-electron chi connectivity index (χ1n) is 5.57. The van der Waals surface area contributed by atoms with Gasteiger partial charge in [-0.15, -0.1) is 0 Å². The summed E-state index contributed by atoms with van der Waals surface area (Å²) >= 11 is 6.24. The maximum absolute atomic E-state index is 8.80. The molecule has 0 spiro atoms. The third-order valence-electron chi connectivity index (χ3n) is 2.57. The average molecular weight is 243 g/mol. The summed E-state index contributed by atoms with van der Waals surface area (Å²) in [4.78, 5) is 0. The van der Waals surface area contributed by atoms with E-state index in [2.05, 4.69) is 13.8 Å². The van der Waals surface area contributed by atoms with Crippen molar-refractivity contribution in [2.75, 3.05) is 13.7 Å². The van der Waals surface area contributed by atoms with E-state index in [0.717, 1.165) is 34.7 Å². The number of aliphatic hydroxyl groups excluding tert-OH is 1. The Hall–Kier alpha value is -0.730. The van der Waals surface area contributed by atoms with Gasteiger partial charge in [-0.3, -0.25) is 0 Å². The van der Waals surface area contributed by atoms with Crippen LogP contribution in [0.25, 0.3) is 0 Å². The highest BCUT2D eigenvalue weighted by molar-refractivity contribution is 6.31. The maximum Gasteiger partial charge on any atom is 0.124 e. The Labute approximate surface area is 102 Å². The molecule has 0 heterocycles. The molecule has 0 saturated heterocycles. The van der Waals surface area contributed by atoms with Gasteiger partial charge in [-0.25, -0.2) is 0 Å². The molecule has 2 nitrogen and oxygen atoms in total. The van der Waals surface area contributed by atoms with Gasteiger partial charge < -0.3 is 9.84 Å². The van der Waals surface area contributed by atoms with E-state index >= 15 is 0 Å². The van der Waals surface area contributed by atoms with Crippen molar-refractivity contribution >= 4 is 11.6 Å². The first-order valence-corrected chi connectivity index (χ1v) is 5.95. The Bertz CT molecular complexity index is 348. The minimum atomic E-state index is 0.200. The lowest BCUT2D eigenvalue weighted by atomic mass is 9.98. The first-order chi connectivity index (χ1) is 7.60. The largest absolute Gasteiger partial charge is 0.496 e. The first kappa shape index (κ1) is 13.3. The lowest BCUT2D eigenvalue weighted by Gasteiger charge is -2.15. The van der Waals surface area contributed by atoms with Crippen molar-refractivity contribution in [1.82, 2.24) is 0 Å². The zero-order valence-electron chi connectivity index (χ0n) is 10.1. The molecule has 0 aliphatic heterocycles. The molecule has 0 amide bonds. The van der Waals surface area contributed by atoms with Crippen LogP contribution in [-0.2, 0) is 6.42 Å². The van der Waals surface area contributed by atoms with Gasteiger partial charge in [0.15, 0.2) is 0 Å². The second kappa shape index (κ2) is 6.12. The Balaban J connectivity index is 3.06. The number of rotatable bonds is 5. The van der Waals surface area contributed by atoms with Gasteiger partial charge in [0.25, 0.3) is 0 Å². The second-order valence-corrected chi connectivity index (χ2v) is 4.58. The van der Waals surface area contributed by atoms with Gasteiger partial charge in [-0.1, -0.05) is 25.4 Å². The molecule has 0 atom stereocenters. The van der Waals surface area contributed by atoms with Crippen LogP contribution >= 0.6 is 11.6 Å². The van der Waals surface area contributed by atoms with E-state index in [1.165, 1.54) is 0 Å². The minimum absolute atomic E-state index is 0.200. The highest BCUT2D eigenvalue weighted by Gasteiger charge is 2.13. The third kappa shape index (κ3) is 3.13. The standard InChI is InChI=1S/C13H19ClO2/c1-9(2)13-11(14)7-10(5-4-6-15)8-12(13)16-3/h7-9,15H,4-6H2,1-3H3. The number of benzene rings is 1. The van der Waals surface area contributed by atoms with Crippen LogP contribution in [0.5, 0.6) is 5.75 Å². The molecule has 0 unspecified atom stereocenters. The summed E-state index contributed by atoms with van der Waals surface area (Å²) in [6.45, 7) is 4.39. The van der Waals surface area contributed by atoms with Gasteiger partial charge in [-0.05, 0) is 36.5 Å². The summed E-state index contributed by atoms with van der Waals surface area (Å²) in [5, 5.41) is 9.55. The molecular formula is C13H19ClO2. The second-order valence-electron chi connectivity index (χ2n) is 4.18. The van der Waals surface area contributed by atoms with E-state index in [-0.39, 0.29) is 6.61 Å². The Morgan fingerprint density at radius 1 is 1.38 bits per heavy atom. The predicted molar refractivity (Wildman–Crippen MR) is 67.5 cm³/mol. The number of methoxy groups -OCH3 is 1. The molecule has 0 fully saturated rings. The molecule has 0 aliphatic rings. The summed E-state index contributed by atoms with van der Waals surface area (Å²) in [6.07, 6.45) is 1.57. The smallest absolute Gasteiger partial charge is 0.124 e. The zero-order chi connectivity index (χ0) is 12.1. The van der Waals surface area contributed by atoms with Gasteiger partial charge in [-0.2, -0.15) is 0 Å². The molecule has 1 aromatic carbocycles. The topological polar surface area (TPSA) is 29.5 Å². The van der Waals surface area contributed by atoms with Crippen molar-refractivity contribution in [3.8, 4) is 5.75 Å². The average Bonchev–Trinajstić information content (AvgIpc) is 2.24. The number of aryl methyl sites for hydroxylation is 1. The molecule has 0 saturated carbocycles. The van der Waals surface area contributed by atoms with Crippen LogP contribution in [0.3, 0.4) is 0 Å². The van der Waals surface area contributed by atoms with Gasteiger partial charge in [0, 0.05) is 17.2 Å². The molecule has 0 bridgehead atoms. The van der Waals surface area contributed by atoms with E-state index < -0.39 is 0 Å². The highest BCUT2D eigenvalue weighted by Crippen LogP contribution is 2.34. The van der Waals surface area contributed by atoms with Gasteiger partial charge >= 0.3 is 0 Å². The molecular weight excluding hydrogens is 224 g/mol. The monoisotopic (exact) mass is 242 g/mol. The van der Waals surface area contributed by atoms with E-state index in [0.29, 0.717) is 5.92 Å². The lowest BCUT2D eigenvalue weighted by molar-refractivity contribution is 0.288. The third-order valence-corrected chi connectivity index (χ3v) is 2.88. The Morgan fingerprint density at radius 2 is 2.06 bits per heavy atom. The Morgan fingerprint density at radius 3 is 2.56 bits per heavy atom. The molecule has 16 heavy (non-hydrogen) atoms. The fraction of sp³-hybridized carbons (Fsp3) is 0.538. The normalized spacial score (nSPS) is 10.9. The maximum atomic E-state index is 8.80. The van der Waals surface area contributed by atoms with Crippen LogP contribution in [0.15, 0.2) is 12.1 Å². The molecule has 3 heteroatoms. The van der Waals surface area contributed by atoms with Crippen LogP contribution < -0.4 is 4.74 Å². The van der Waals surface area contributed by atoms with Gasteiger partial charge in [0.1, 0.15) is 5.75 Å². The summed E-state index contributed by atoms with van der Waals surface area (Å²) in [7, 11) is 1.66. The predicted octanol–water partition coefficient (Wildman–Crippen LogP) is 3.40. The number of ether oxygens (including phenoxy) is 1. The van der Waals surface area contributed by atoms with E-state index in [9.17, 15) is 0 Å². The fourth-order valence-electron chi connectivity index (χ4n) is 1.80. The fourth-order valence-corrected chi connectivity index (χ4v) is 2.25. The minimum Gasteiger partial charge on any atom is -0.496 e. The Kier molecular flexibility index (Phi) is 5.10. The molecule has 0 aromatic heterocycles. The van der Waals surface area contributed by atoms with E-state index in [1.807, 2.05) is 12.1 Å². The molecule has 90 valence electrons. The summed E-state index contributed by atoms with van der Waals surface area (Å²) in [6, 6.07) is 3.98. The van der Waals surface area contributed by atoms with Crippen LogP contribution in [0.4, 0.5) is 0 Å². The zero-order valence-corrected chi connectivity index (χ0v) is 10.8. The van der Waals surface area contributed by atoms with Crippen molar-refractivity contribution in [2.45, 2.75) is 32.6 Å². The van der Waals surface area contributed by atoms with E-state index in [4.69, 9.17) is 21.4 Å². The lowest BCUT2D eigenvalue weighted by Crippen LogP contribution is -1.98. The molecule has 1 rings (SSSR count). The van der Waals surface area contributed by atoms with Crippen molar-refractivity contribution in [3.63, 3.8) is 0 Å². The molecule has 0 aliphatic carbocycles. The van der Waals surface area contributed by atoms with E-state index in [1.54, 1.807) is 7.11 Å². The number of hydrogen-bond donors (Lipinski definition) is 1. The van der Waals surface area contributed by atoms with Crippen molar-refractivity contribution in [3.05, 3.63) is 28.3 Å². The molecule has 1 aromatic rings. The van der Waals surface area contributed by atoms with Crippen LogP contribution in [-0.4, -0.2) is 18.8 Å². The SMILES string of the molecule is COc1cc(CCCO)cc(Cl)c1C(C)C. The number of hydrogen-bond acceptors (Lipinski definition) is 2. The van der Waals surface area contributed by atoms with Crippen LogP contribution in [0.1, 0.15) is 37.3 Å². The van der Waals surface area contributed by atoms with Crippen molar-refractivity contribution in [1.29, 1.82) is 0 Å². The van der Waals surface area contributed by atoms with Crippen LogP contribution in [0, 0.1) is 0 Å². The quantitative estimate of drug-likeness (QED) is 0.858. The number of aliphatic hydroxyl groups is 1. The number of halogens is 1. The summed E-state index contributed by atoms with van der Waals surface area (Å²) in [5.41, 5.74) is 2.16. The van der Waals surface area contributed by atoms with Crippen molar-refractivity contribution in [2.24, 2.45) is 0 Å². The molecule has 0 radical (unpaired) electrons. The summed E-state index contributed by atoms with van der Waals surface area (Å²) in [5.74, 6) is 1.18. The van der Waals surface area contributed by atoms with Crippen LogP contribution in [0.2, 0.25) is 5.02 Å². The molecule has 1 N–H and O–H groups in total. The summed E-state index contributed by atoms with van der Waals surface area (Å²) < 4.78 is 5.36. The van der Waals surface area contributed by atoms with Crippen molar-refractivity contribution < 1.29 is 9.84 Å². The highest BCUT2D eigenvalue weighted by atomic mass is 35.5. The van der Waals surface area contributed by atoms with Gasteiger partial charge in [0.05, 0.1) is 7.11 Å². The van der Waals surface area contributed by atoms with Gasteiger partial charge in [0.2, 0.25) is 0 Å².